The average molecular weight is 302 g/mol. The SMILES string of the molecule is CC1(C)C[C@]1(C(=O)N1C[C@H]2CNC[C@H]2C1)c1ccccc1F. The zero-order valence-corrected chi connectivity index (χ0v) is 13.2. The predicted molar refractivity (Wildman–Crippen MR) is 82.9 cm³/mol. The van der Waals surface area contributed by atoms with Crippen molar-refractivity contribution in [2.45, 2.75) is 25.7 Å². The molecule has 3 aliphatic rings. The van der Waals surface area contributed by atoms with Crippen LogP contribution in [0, 0.1) is 23.1 Å². The van der Waals surface area contributed by atoms with Gasteiger partial charge in [0, 0.05) is 31.7 Å². The van der Waals surface area contributed by atoms with Crippen LogP contribution in [0.4, 0.5) is 4.39 Å². The van der Waals surface area contributed by atoms with Crippen molar-refractivity contribution in [1.29, 1.82) is 0 Å². The first-order valence-corrected chi connectivity index (χ1v) is 8.21. The van der Waals surface area contributed by atoms with Crippen molar-refractivity contribution in [2.75, 3.05) is 26.2 Å². The summed E-state index contributed by atoms with van der Waals surface area (Å²) in [5.41, 5.74) is -0.243. The molecule has 3 fully saturated rings. The molecule has 0 radical (unpaired) electrons. The molecule has 1 N–H and O–H groups in total. The van der Waals surface area contributed by atoms with Gasteiger partial charge < -0.3 is 10.2 Å². The molecule has 1 aliphatic carbocycles. The number of carbonyl (C=O) groups is 1. The summed E-state index contributed by atoms with van der Waals surface area (Å²) in [7, 11) is 0. The second kappa shape index (κ2) is 4.54. The number of nitrogens with one attached hydrogen (secondary N) is 1. The quantitative estimate of drug-likeness (QED) is 0.908. The summed E-state index contributed by atoms with van der Waals surface area (Å²) in [5, 5.41) is 3.40. The highest BCUT2D eigenvalue weighted by Crippen LogP contribution is 2.65. The van der Waals surface area contributed by atoms with E-state index in [4.69, 9.17) is 0 Å². The number of fused-ring (bicyclic) bond motifs is 1. The van der Waals surface area contributed by atoms with Crippen LogP contribution < -0.4 is 5.32 Å². The van der Waals surface area contributed by atoms with Crippen molar-refractivity contribution < 1.29 is 9.18 Å². The molecule has 1 saturated carbocycles. The number of rotatable bonds is 2. The lowest BCUT2D eigenvalue weighted by molar-refractivity contribution is -0.134. The van der Waals surface area contributed by atoms with E-state index in [9.17, 15) is 9.18 Å². The Morgan fingerprint density at radius 2 is 1.82 bits per heavy atom. The van der Waals surface area contributed by atoms with E-state index in [0.29, 0.717) is 17.4 Å². The van der Waals surface area contributed by atoms with Gasteiger partial charge in [0.15, 0.2) is 0 Å². The molecule has 1 amide bonds. The number of nitrogens with zero attached hydrogens (tertiary/aromatic N) is 1. The van der Waals surface area contributed by atoms with E-state index in [2.05, 4.69) is 19.2 Å². The monoisotopic (exact) mass is 302 g/mol. The van der Waals surface area contributed by atoms with Gasteiger partial charge in [0.05, 0.1) is 5.41 Å². The van der Waals surface area contributed by atoms with E-state index in [-0.39, 0.29) is 17.1 Å². The molecular formula is C18H23FN2O. The summed E-state index contributed by atoms with van der Waals surface area (Å²) in [6.45, 7) is 7.81. The van der Waals surface area contributed by atoms with Gasteiger partial charge in [-0.2, -0.15) is 0 Å². The number of halogens is 1. The smallest absolute Gasteiger partial charge is 0.233 e. The van der Waals surface area contributed by atoms with Gasteiger partial charge in [-0.15, -0.1) is 0 Å². The zero-order chi connectivity index (χ0) is 15.5. The summed E-state index contributed by atoms with van der Waals surface area (Å²) in [6.07, 6.45) is 0.740. The van der Waals surface area contributed by atoms with Gasteiger partial charge in [-0.05, 0) is 29.7 Å². The van der Waals surface area contributed by atoms with Crippen LogP contribution in [-0.2, 0) is 10.2 Å². The van der Waals surface area contributed by atoms with Crippen LogP contribution in [0.25, 0.3) is 0 Å². The lowest BCUT2D eigenvalue weighted by atomic mass is 9.86. The van der Waals surface area contributed by atoms with Crippen molar-refractivity contribution >= 4 is 5.91 Å². The highest BCUT2D eigenvalue weighted by atomic mass is 19.1. The minimum absolute atomic E-state index is 0.136. The van der Waals surface area contributed by atoms with Gasteiger partial charge in [-0.25, -0.2) is 4.39 Å². The Kier molecular flexibility index (Phi) is 2.93. The third-order valence-corrected chi connectivity index (χ3v) is 6.11. The first-order chi connectivity index (χ1) is 10.5. The van der Waals surface area contributed by atoms with Crippen LogP contribution in [-0.4, -0.2) is 37.0 Å². The molecule has 1 aromatic rings. The summed E-state index contributed by atoms with van der Waals surface area (Å²) in [6, 6.07) is 6.80. The third-order valence-electron chi connectivity index (χ3n) is 6.11. The Bertz CT molecular complexity index is 617. The fraction of sp³-hybridized carbons (Fsp3) is 0.611. The minimum atomic E-state index is -0.662. The highest BCUT2D eigenvalue weighted by Gasteiger charge is 2.69. The number of likely N-dealkylation sites (tertiary alicyclic amines) is 1. The third kappa shape index (κ3) is 1.79. The van der Waals surface area contributed by atoms with Gasteiger partial charge in [0.1, 0.15) is 5.82 Å². The molecule has 2 aliphatic heterocycles. The Morgan fingerprint density at radius 3 is 2.36 bits per heavy atom. The van der Waals surface area contributed by atoms with E-state index >= 15 is 0 Å². The molecular weight excluding hydrogens is 279 g/mol. The molecule has 0 spiro atoms. The highest BCUT2D eigenvalue weighted by molar-refractivity contribution is 5.93. The summed E-state index contributed by atoms with van der Waals surface area (Å²) < 4.78 is 14.4. The van der Waals surface area contributed by atoms with Gasteiger partial charge >= 0.3 is 0 Å². The molecule has 4 rings (SSSR count). The Hall–Kier alpha value is -1.42. The number of amides is 1. The van der Waals surface area contributed by atoms with E-state index in [1.807, 2.05) is 11.0 Å². The molecule has 0 unspecified atom stereocenters. The van der Waals surface area contributed by atoms with Crippen LogP contribution in [0.3, 0.4) is 0 Å². The van der Waals surface area contributed by atoms with Crippen LogP contribution in [0.2, 0.25) is 0 Å². The van der Waals surface area contributed by atoms with Crippen molar-refractivity contribution in [3.63, 3.8) is 0 Å². The molecule has 2 heterocycles. The Balaban J connectivity index is 1.67. The topological polar surface area (TPSA) is 32.3 Å². The summed E-state index contributed by atoms with van der Waals surface area (Å²) in [4.78, 5) is 15.3. The average Bonchev–Trinajstić information content (AvgIpc) is 2.83. The molecule has 1 aromatic carbocycles. The van der Waals surface area contributed by atoms with Gasteiger partial charge in [-0.1, -0.05) is 32.0 Å². The second-order valence-corrected chi connectivity index (χ2v) is 7.83. The van der Waals surface area contributed by atoms with E-state index in [1.165, 1.54) is 6.07 Å². The predicted octanol–water partition coefficient (Wildman–Crippen LogP) is 2.17. The van der Waals surface area contributed by atoms with Crippen molar-refractivity contribution in [3.8, 4) is 0 Å². The van der Waals surface area contributed by atoms with Crippen LogP contribution in [0.5, 0.6) is 0 Å². The van der Waals surface area contributed by atoms with Gasteiger partial charge in [0.2, 0.25) is 5.91 Å². The molecule has 4 heteroatoms. The lowest BCUT2D eigenvalue weighted by Gasteiger charge is -2.27. The fourth-order valence-corrected chi connectivity index (χ4v) is 4.66. The first-order valence-electron chi connectivity index (χ1n) is 8.21. The van der Waals surface area contributed by atoms with Crippen LogP contribution in [0.1, 0.15) is 25.8 Å². The second-order valence-electron chi connectivity index (χ2n) is 7.83. The largest absolute Gasteiger partial charge is 0.341 e. The fourth-order valence-electron chi connectivity index (χ4n) is 4.66. The molecule has 3 atom stereocenters. The van der Waals surface area contributed by atoms with Gasteiger partial charge in [-0.3, -0.25) is 4.79 Å². The molecule has 0 aromatic heterocycles. The number of hydrogen-bond acceptors (Lipinski definition) is 2. The maximum atomic E-state index is 14.4. The first kappa shape index (κ1) is 14.2. The van der Waals surface area contributed by atoms with E-state index in [1.54, 1.807) is 12.1 Å². The van der Waals surface area contributed by atoms with Crippen LogP contribution in [0.15, 0.2) is 24.3 Å². The summed E-state index contributed by atoms with van der Waals surface area (Å²) in [5.74, 6) is 1.03. The summed E-state index contributed by atoms with van der Waals surface area (Å²) >= 11 is 0. The lowest BCUT2D eigenvalue weighted by Crippen LogP contribution is -2.42. The molecule has 118 valence electrons. The minimum Gasteiger partial charge on any atom is -0.341 e. The standard InChI is InChI=1S/C18H23FN2O/c1-17(2)11-18(17,14-5-3-4-6-15(14)19)16(22)21-9-12-7-20-8-13(12)10-21/h3-6,12-13,20H,7-11H2,1-2H3/t12-,13+,18-/m1/s1. The van der Waals surface area contributed by atoms with Crippen molar-refractivity contribution in [2.24, 2.45) is 17.3 Å². The van der Waals surface area contributed by atoms with Crippen molar-refractivity contribution in [1.82, 2.24) is 10.2 Å². The number of benzene rings is 1. The Labute approximate surface area is 130 Å². The molecule has 0 bridgehead atoms. The normalized spacial score (nSPS) is 35.5. The molecule has 2 saturated heterocycles. The maximum absolute atomic E-state index is 14.4. The molecule has 22 heavy (non-hydrogen) atoms. The van der Waals surface area contributed by atoms with Crippen molar-refractivity contribution in [3.05, 3.63) is 35.6 Å². The maximum Gasteiger partial charge on any atom is 0.233 e. The van der Waals surface area contributed by atoms with E-state index in [0.717, 1.165) is 32.6 Å². The van der Waals surface area contributed by atoms with E-state index < -0.39 is 5.41 Å². The van der Waals surface area contributed by atoms with Crippen LogP contribution >= 0.6 is 0 Å². The number of carbonyl (C=O) groups excluding carboxylic acids is 1. The van der Waals surface area contributed by atoms with Gasteiger partial charge in [0.25, 0.3) is 0 Å². The molecule has 3 nitrogen and oxygen atoms in total. The zero-order valence-electron chi connectivity index (χ0n) is 13.2. The Morgan fingerprint density at radius 1 is 1.23 bits per heavy atom. The number of hydrogen-bond donors (Lipinski definition) is 1.